The Hall–Kier alpha value is -2.34. The van der Waals surface area contributed by atoms with E-state index in [9.17, 15) is 4.79 Å². The van der Waals surface area contributed by atoms with Crippen molar-refractivity contribution >= 4 is 23.2 Å². The molecule has 1 fully saturated rings. The Morgan fingerprint density at radius 2 is 2.23 bits per heavy atom. The van der Waals surface area contributed by atoms with Crippen LogP contribution in [0.5, 0.6) is 0 Å². The molecule has 0 radical (unpaired) electrons. The van der Waals surface area contributed by atoms with Crippen LogP contribution in [0.25, 0.3) is 5.65 Å². The Morgan fingerprint density at radius 3 is 3.05 bits per heavy atom. The van der Waals surface area contributed by atoms with Crippen LogP contribution in [-0.2, 0) is 6.54 Å². The van der Waals surface area contributed by atoms with Crippen LogP contribution >= 0.6 is 11.6 Å². The van der Waals surface area contributed by atoms with Gasteiger partial charge in [0.25, 0.3) is 5.91 Å². The monoisotopic (exact) mass is 316 g/mol. The van der Waals surface area contributed by atoms with Gasteiger partial charge in [-0.25, -0.2) is 0 Å². The number of rotatable bonds is 4. The summed E-state index contributed by atoms with van der Waals surface area (Å²) >= 11 is 5.98. The average Bonchev–Trinajstić information content (AvgIpc) is 3.10. The van der Waals surface area contributed by atoms with E-state index in [4.69, 9.17) is 16.0 Å². The van der Waals surface area contributed by atoms with Crippen LogP contribution in [0.3, 0.4) is 0 Å². The van der Waals surface area contributed by atoms with E-state index < -0.39 is 0 Å². The maximum absolute atomic E-state index is 12.3. The lowest BCUT2D eigenvalue weighted by molar-refractivity contribution is 0.0947. The minimum absolute atomic E-state index is 0.158. The molecule has 0 unspecified atom stereocenters. The van der Waals surface area contributed by atoms with Gasteiger partial charge in [0, 0.05) is 12.1 Å². The number of halogens is 1. The van der Waals surface area contributed by atoms with Crippen LogP contribution in [0, 0.1) is 0 Å². The fraction of sp³-hybridized carbons (Fsp3) is 0.267. The van der Waals surface area contributed by atoms with E-state index >= 15 is 0 Å². The molecule has 0 saturated heterocycles. The lowest BCUT2D eigenvalue weighted by Crippen LogP contribution is -2.24. The standard InChI is InChI=1S/C15H13ClN4O2/c16-10-3-4-12-18-19-13(20(12)8-10)7-17-15(21)11-5-6-22-14(11)9-1-2-9/h3-6,8-9H,1-2,7H2,(H,17,21). The third-order valence-corrected chi connectivity index (χ3v) is 3.96. The Kier molecular flexibility index (Phi) is 3.11. The number of carbonyl (C=O) groups excluding carboxylic acids is 1. The number of nitrogens with one attached hydrogen (secondary N) is 1. The van der Waals surface area contributed by atoms with Crippen LogP contribution in [0.2, 0.25) is 5.02 Å². The predicted octanol–water partition coefficient (Wildman–Crippen LogP) is 2.78. The fourth-order valence-corrected chi connectivity index (χ4v) is 2.62. The Morgan fingerprint density at radius 1 is 1.36 bits per heavy atom. The number of carbonyl (C=O) groups is 1. The van der Waals surface area contributed by atoms with Gasteiger partial charge in [0.2, 0.25) is 0 Å². The van der Waals surface area contributed by atoms with Crippen molar-refractivity contribution in [2.24, 2.45) is 0 Å². The number of nitrogens with zero attached hydrogens (tertiary/aromatic N) is 3. The molecular weight excluding hydrogens is 304 g/mol. The Bertz CT molecular complexity index is 850. The first kappa shape index (κ1) is 13.3. The molecule has 0 bridgehead atoms. The van der Waals surface area contributed by atoms with Gasteiger partial charge in [-0.05, 0) is 31.0 Å². The largest absolute Gasteiger partial charge is 0.468 e. The number of hydrogen-bond donors (Lipinski definition) is 1. The summed E-state index contributed by atoms with van der Waals surface area (Å²) < 4.78 is 7.18. The molecule has 1 aliphatic carbocycles. The van der Waals surface area contributed by atoms with Crippen LogP contribution < -0.4 is 5.32 Å². The smallest absolute Gasteiger partial charge is 0.255 e. The lowest BCUT2D eigenvalue weighted by atomic mass is 10.2. The summed E-state index contributed by atoms with van der Waals surface area (Å²) in [6.45, 7) is 0.273. The van der Waals surface area contributed by atoms with Crippen molar-refractivity contribution in [2.45, 2.75) is 25.3 Å². The second-order valence-corrected chi connectivity index (χ2v) is 5.78. The molecule has 3 heterocycles. The quantitative estimate of drug-likeness (QED) is 0.803. The van der Waals surface area contributed by atoms with Crippen molar-refractivity contribution in [1.82, 2.24) is 19.9 Å². The molecule has 1 aliphatic rings. The van der Waals surface area contributed by atoms with E-state index in [1.165, 1.54) is 0 Å². The molecule has 4 rings (SSSR count). The Balaban J connectivity index is 1.52. The molecule has 0 aromatic carbocycles. The number of hydrogen-bond acceptors (Lipinski definition) is 4. The number of amides is 1. The average molecular weight is 317 g/mol. The topological polar surface area (TPSA) is 72.4 Å². The molecule has 0 aliphatic heterocycles. The molecule has 7 heteroatoms. The van der Waals surface area contributed by atoms with Crippen molar-refractivity contribution in [2.75, 3.05) is 0 Å². The highest BCUT2D eigenvalue weighted by molar-refractivity contribution is 6.30. The van der Waals surface area contributed by atoms with Gasteiger partial charge in [0.15, 0.2) is 11.5 Å². The van der Waals surface area contributed by atoms with E-state index in [0.717, 1.165) is 18.6 Å². The number of pyridine rings is 1. The summed E-state index contributed by atoms with van der Waals surface area (Å²) in [6, 6.07) is 5.24. The SMILES string of the molecule is O=C(NCc1nnc2ccc(Cl)cn12)c1ccoc1C1CC1. The number of aromatic nitrogens is 3. The highest BCUT2D eigenvalue weighted by atomic mass is 35.5. The van der Waals surface area contributed by atoms with Gasteiger partial charge in [-0.15, -0.1) is 10.2 Å². The minimum Gasteiger partial charge on any atom is -0.468 e. The summed E-state index contributed by atoms with van der Waals surface area (Å²) in [6.07, 6.45) is 5.46. The van der Waals surface area contributed by atoms with Crippen LogP contribution in [0.1, 0.15) is 40.7 Å². The summed E-state index contributed by atoms with van der Waals surface area (Å²) in [4.78, 5) is 12.3. The maximum Gasteiger partial charge on any atom is 0.255 e. The summed E-state index contributed by atoms with van der Waals surface area (Å²) in [5.74, 6) is 1.65. The van der Waals surface area contributed by atoms with Crippen molar-refractivity contribution in [3.05, 3.63) is 52.8 Å². The van der Waals surface area contributed by atoms with Gasteiger partial charge in [0.05, 0.1) is 23.4 Å². The summed E-state index contributed by atoms with van der Waals surface area (Å²) in [5.41, 5.74) is 1.30. The molecular formula is C15H13ClN4O2. The van der Waals surface area contributed by atoms with Gasteiger partial charge < -0.3 is 9.73 Å². The van der Waals surface area contributed by atoms with Gasteiger partial charge in [0.1, 0.15) is 5.76 Å². The molecule has 0 spiro atoms. The fourth-order valence-electron chi connectivity index (χ4n) is 2.46. The van der Waals surface area contributed by atoms with Crippen molar-refractivity contribution < 1.29 is 9.21 Å². The Labute approximate surface area is 131 Å². The van der Waals surface area contributed by atoms with Gasteiger partial charge in [-0.1, -0.05) is 11.6 Å². The van der Waals surface area contributed by atoms with E-state index in [1.54, 1.807) is 35.1 Å². The van der Waals surface area contributed by atoms with Crippen molar-refractivity contribution in [3.63, 3.8) is 0 Å². The predicted molar refractivity (Wildman–Crippen MR) is 79.9 cm³/mol. The second-order valence-electron chi connectivity index (χ2n) is 5.35. The normalized spacial score (nSPS) is 14.4. The van der Waals surface area contributed by atoms with E-state index in [2.05, 4.69) is 15.5 Å². The van der Waals surface area contributed by atoms with Crippen molar-refractivity contribution in [1.29, 1.82) is 0 Å². The first-order valence-corrected chi connectivity index (χ1v) is 7.45. The van der Waals surface area contributed by atoms with E-state index in [1.807, 2.05) is 0 Å². The van der Waals surface area contributed by atoms with E-state index in [0.29, 0.717) is 28.0 Å². The molecule has 1 N–H and O–H groups in total. The van der Waals surface area contributed by atoms with Gasteiger partial charge in [-0.3, -0.25) is 9.20 Å². The number of fused-ring (bicyclic) bond motifs is 1. The molecule has 0 atom stereocenters. The van der Waals surface area contributed by atoms with Crippen LogP contribution in [-0.4, -0.2) is 20.5 Å². The third kappa shape index (κ3) is 2.35. The summed E-state index contributed by atoms with van der Waals surface area (Å²) in [5, 5.41) is 11.6. The third-order valence-electron chi connectivity index (χ3n) is 3.73. The zero-order valence-electron chi connectivity index (χ0n) is 11.6. The molecule has 3 aromatic heterocycles. The zero-order chi connectivity index (χ0) is 15.1. The zero-order valence-corrected chi connectivity index (χ0v) is 12.4. The van der Waals surface area contributed by atoms with E-state index in [-0.39, 0.29) is 12.5 Å². The lowest BCUT2D eigenvalue weighted by Gasteiger charge is -2.04. The molecule has 3 aromatic rings. The van der Waals surface area contributed by atoms with Crippen LogP contribution in [0.4, 0.5) is 0 Å². The van der Waals surface area contributed by atoms with Gasteiger partial charge in [-0.2, -0.15) is 0 Å². The highest BCUT2D eigenvalue weighted by Crippen LogP contribution is 2.42. The van der Waals surface area contributed by atoms with Crippen LogP contribution in [0.15, 0.2) is 35.1 Å². The maximum atomic E-state index is 12.3. The molecule has 22 heavy (non-hydrogen) atoms. The second kappa shape index (κ2) is 5.14. The minimum atomic E-state index is -0.158. The molecule has 6 nitrogen and oxygen atoms in total. The van der Waals surface area contributed by atoms with Gasteiger partial charge >= 0.3 is 0 Å². The van der Waals surface area contributed by atoms with Crippen molar-refractivity contribution in [3.8, 4) is 0 Å². The summed E-state index contributed by atoms with van der Waals surface area (Å²) in [7, 11) is 0. The highest BCUT2D eigenvalue weighted by Gasteiger charge is 2.31. The first-order chi connectivity index (χ1) is 10.7. The molecule has 1 saturated carbocycles. The number of furan rings is 1. The molecule has 112 valence electrons. The molecule has 1 amide bonds. The first-order valence-electron chi connectivity index (χ1n) is 7.07.